The molecule has 2 amide bonds. The summed E-state index contributed by atoms with van der Waals surface area (Å²) in [7, 11) is 0. The fourth-order valence-corrected chi connectivity index (χ4v) is 3.17. The summed E-state index contributed by atoms with van der Waals surface area (Å²) in [4.78, 5) is 26.4. The number of anilines is 1. The summed E-state index contributed by atoms with van der Waals surface area (Å²) < 4.78 is 18.9. The molecule has 5 nitrogen and oxygen atoms in total. The van der Waals surface area contributed by atoms with Crippen molar-refractivity contribution < 1.29 is 18.7 Å². The van der Waals surface area contributed by atoms with Gasteiger partial charge in [0.25, 0.3) is 11.8 Å². The molecule has 1 fully saturated rings. The summed E-state index contributed by atoms with van der Waals surface area (Å²) in [6.07, 6.45) is 2.26. The van der Waals surface area contributed by atoms with Crippen LogP contribution in [0.1, 0.15) is 25.8 Å². The van der Waals surface area contributed by atoms with Gasteiger partial charge in [0.2, 0.25) is 0 Å². The molecule has 0 bridgehead atoms. The van der Waals surface area contributed by atoms with Crippen molar-refractivity contribution >= 4 is 52.5 Å². The molecule has 2 aromatic rings. The van der Waals surface area contributed by atoms with Crippen LogP contribution in [0.5, 0.6) is 5.75 Å². The Kier molecular flexibility index (Phi) is 6.30. The maximum absolute atomic E-state index is 13.2. The van der Waals surface area contributed by atoms with Crippen molar-refractivity contribution in [3.05, 3.63) is 64.4 Å². The topological polar surface area (TPSA) is 58.6 Å². The third-order valence-electron chi connectivity index (χ3n) is 4.36. The molecule has 0 radical (unpaired) electrons. The standard InChI is InChI=1S/C21H18ClFN2O3S/c1-3-12(2)28-18-9-4-13(11-17(18)22)10-16-19(26)24-21(29)25(20(16)27)15-7-5-14(23)6-8-15/h4-12H,3H2,1-2H3,(H,24,26,29)/b16-10+/t12-/m1/s1. The first-order chi connectivity index (χ1) is 13.8. The lowest BCUT2D eigenvalue weighted by Crippen LogP contribution is -2.54. The Morgan fingerprint density at radius 2 is 1.93 bits per heavy atom. The molecule has 2 aromatic carbocycles. The number of rotatable bonds is 5. The molecule has 0 spiro atoms. The van der Waals surface area contributed by atoms with Gasteiger partial charge in [-0.2, -0.15) is 0 Å². The van der Waals surface area contributed by atoms with Gasteiger partial charge >= 0.3 is 0 Å². The van der Waals surface area contributed by atoms with E-state index in [4.69, 9.17) is 28.6 Å². The fraction of sp³-hybridized carbons (Fsp3) is 0.190. The first kappa shape index (κ1) is 21.0. The number of nitrogens with one attached hydrogen (secondary N) is 1. The summed E-state index contributed by atoms with van der Waals surface area (Å²) in [5.74, 6) is -1.15. The maximum atomic E-state index is 13.2. The maximum Gasteiger partial charge on any atom is 0.270 e. The van der Waals surface area contributed by atoms with E-state index in [-0.39, 0.29) is 16.8 Å². The van der Waals surface area contributed by atoms with Gasteiger partial charge in [-0.1, -0.05) is 24.6 Å². The van der Waals surface area contributed by atoms with Crippen LogP contribution in [0.15, 0.2) is 48.0 Å². The van der Waals surface area contributed by atoms with Crippen molar-refractivity contribution in [2.75, 3.05) is 4.90 Å². The summed E-state index contributed by atoms with van der Waals surface area (Å²) in [6.45, 7) is 3.94. The molecule has 1 saturated heterocycles. The summed E-state index contributed by atoms with van der Waals surface area (Å²) in [5.41, 5.74) is 0.786. The van der Waals surface area contributed by atoms with Crippen LogP contribution in [-0.4, -0.2) is 23.0 Å². The van der Waals surface area contributed by atoms with Crippen LogP contribution in [0.25, 0.3) is 6.08 Å². The minimum absolute atomic E-state index is 0.00712. The molecule has 0 aromatic heterocycles. The SMILES string of the molecule is CC[C@@H](C)Oc1ccc(/C=C2\C(=O)NC(=S)N(c3ccc(F)cc3)C2=O)cc1Cl. The first-order valence-corrected chi connectivity index (χ1v) is 9.72. The number of hydrogen-bond donors (Lipinski definition) is 1. The smallest absolute Gasteiger partial charge is 0.270 e. The van der Waals surface area contributed by atoms with Crippen LogP contribution in [0.4, 0.5) is 10.1 Å². The fourth-order valence-electron chi connectivity index (χ4n) is 2.65. The molecule has 0 saturated carbocycles. The molecule has 1 aliphatic heterocycles. The number of carbonyl (C=O) groups excluding carboxylic acids is 2. The van der Waals surface area contributed by atoms with Gasteiger partial charge in [-0.05, 0) is 73.6 Å². The highest BCUT2D eigenvalue weighted by Gasteiger charge is 2.34. The van der Waals surface area contributed by atoms with Crippen molar-refractivity contribution in [2.24, 2.45) is 0 Å². The second-order valence-electron chi connectivity index (χ2n) is 6.46. The minimum atomic E-state index is -0.616. The van der Waals surface area contributed by atoms with E-state index in [0.717, 1.165) is 11.3 Å². The number of benzene rings is 2. The van der Waals surface area contributed by atoms with Gasteiger partial charge in [0.05, 0.1) is 16.8 Å². The van der Waals surface area contributed by atoms with Crippen molar-refractivity contribution in [3.8, 4) is 5.75 Å². The Bertz CT molecular complexity index is 1010. The number of amides is 2. The molecule has 0 aliphatic carbocycles. The van der Waals surface area contributed by atoms with Gasteiger partial charge in [-0.25, -0.2) is 4.39 Å². The Hall–Kier alpha value is -2.77. The van der Waals surface area contributed by atoms with Gasteiger partial charge in [-0.15, -0.1) is 0 Å². The van der Waals surface area contributed by atoms with E-state index in [0.29, 0.717) is 22.0 Å². The van der Waals surface area contributed by atoms with E-state index in [1.165, 1.54) is 30.3 Å². The second-order valence-corrected chi connectivity index (χ2v) is 7.25. The molecule has 1 heterocycles. The van der Waals surface area contributed by atoms with E-state index in [1.54, 1.807) is 18.2 Å². The van der Waals surface area contributed by atoms with E-state index in [9.17, 15) is 14.0 Å². The second kappa shape index (κ2) is 8.71. The first-order valence-electron chi connectivity index (χ1n) is 8.93. The van der Waals surface area contributed by atoms with Crippen molar-refractivity contribution in [3.63, 3.8) is 0 Å². The number of nitrogens with zero attached hydrogens (tertiary/aromatic N) is 1. The predicted molar refractivity (Wildman–Crippen MR) is 114 cm³/mol. The number of thiocarbonyl (C=S) groups is 1. The van der Waals surface area contributed by atoms with Gasteiger partial charge in [-0.3, -0.25) is 19.8 Å². The van der Waals surface area contributed by atoms with E-state index in [1.807, 2.05) is 13.8 Å². The lowest BCUT2D eigenvalue weighted by molar-refractivity contribution is -0.122. The van der Waals surface area contributed by atoms with Gasteiger partial charge in [0.1, 0.15) is 17.1 Å². The zero-order chi connectivity index (χ0) is 21.1. The molecule has 0 unspecified atom stereocenters. The molecular weight excluding hydrogens is 415 g/mol. The lowest BCUT2D eigenvalue weighted by Gasteiger charge is -2.28. The largest absolute Gasteiger partial charge is 0.489 e. The third-order valence-corrected chi connectivity index (χ3v) is 4.94. The van der Waals surface area contributed by atoms with E-state index < -0.39 is 17.6 Å². The predicted octanol–water partition coefficient (Wildman–Crippen LogP) is 4.49. The molecule has 3 rings (SSSR count). The summed E-state index contributed by atoms with van der Waals surface area (Å²) in [6, 6.07) is 10.2. The summed E-state index contributed by atoms with van der Waals surface area (Å²) in [5, 5.41) is 2.78. The Morgan fingerprint density at radius 3 is 2.55 bits per heavy atom. The molecule has 150 valence electrons. The van der Waals surface area contributed by atoms with Crippen molar-refractivity contribution in [1.82, 2.24) is 5.32 Å². The number of carbonyl (C=O) groups is 2. The highest BCUT2D eigenvalue weighted by molar-refractivity contribution is 7.80. The molecular formula is C21H18ClFN2O3S. The van der Waals surface area contributed by atoms with Crippen LogP contribution in [0.2, 0.25) is 5.02 Å². The Balaban J connectivity index is 1.92. The number of halogens is 2. The normalized spacial score (nSPS) is 16.8. The van der Waals surface area contributed by atoms with E-state index >= 15 is 0 Å². The van der Waals surface area contributed by atoms with Crippen molar-refractivity contribution in [2.45, 2.75) is 26.4 Å². The van der Waals surface area contributed by atoms with Crippen LogP contribution in [-0.2, 0) is 9.59 Å². The van der Waals surface area contributed by atoms with Crippen LogP contribution >= 0.6 is 23.8 Å². The number of ether oxygens (including phenoxy) is 1. The van der Waals surface area contributed by atoms with Crippen molar-refractivity contribution in [1.29, 1.82) is 0 Å². The highest BCUT2D eigenvalue weighted by atomic mass is 35.5. The average Bonchev–Trinajstić information content (AvgIpc) is 2.68. The average molecular weight is 433 g/mol. The van der Waals surface area contributed by atoms with Crippen LogP contribution in [0, 0.1) is 5.82 Å². The third kappa shape index (κ3) is 4.63. The lowest BCUT2D eigenvalue weighted by atomic mass is 10.1. The molecule has 29 heavy (non-hydrogen) atoms. The molecule has 1 aliphatic rings. The highest BCUT2D eigenvalue weighted by Crippen LogP contribution is 2.29. The molecule has 8 heteroatoms. The summed E-state index contributed by atoms with van der Waals surface area (Å²) >= 11 is 11.4. The van der Waals surface area contributed by atoms with Gasteiger partial charge < -0.3 is 4.74 Å². The zero-order valence-corrected chi connectivity index (χ0v) is 17.3. The van der Waals surface area contributed by atoms with E-state index in [2.05, 4.69) is 5.32 Å². The van der Waals surface area contributed by atoms with Crippen LogP contribution < -0.4 is 15.0 Å². The molecule has 1 N–H and O–H groups in total. The Labute approximate surface area is 178 Å². The van der Waals surface area contributed by atoms with Gasteiger partial charge in [0.15, 0.2) is 5.11 Å². The van der Waals surface area contributed by atoms with Gasteiger partial charge in [0, 0.05) is 0 Å². The molecule has 1 atom stereocenters. The number of hydrogen-bond acceptors (Lipinski definition) is 4. The minimum Gasteiger partial charge on any atom is -0.489 e. The van der Waals surface area contributed by atoms with Crippen LogP contribution in [0.3, 0.4) is 0 Å². The quantitative estimate of drug-likeness (QED) is 0.429. The monoisotopic (exact) mass is 432 g/mol. The zero-order valence-electron chi connectivity index (χ0n) is 15.7. The Morgan fingerprint density at radius 1 is 1.24 bits per heavy atom.